The number of hydrogen-bond acceptors (Lipinski definition) is 3. The molecule has 0 spiro atoms. The lowest BCUT2D eigenvalue weighted by atomic mass is 10.2. The third kappa shape index (κ3) is 2.22. The zero-order valence-corrected chi connectivity index (χ0v) is 12.3. The second kappa shape index (κ2) is 5.13. The van der Waals surface area contributed by atoms with Crippen LogP contribution in [0.4, 0.5) is 0 Å². The number of methoxy groups -OCH3 is 1. The highest BCUT2D eigenvalue weighted by atomic mass is 32.1. The Bertz CT molecular complexity index is 799. The van der Waals surface area contributed by atoms with Crippen LogP contribution in [-0.2, 0) is 20.0 Å². The summed E-state index contributed by atoms with van der Waals surface area (Å²) in [5.74, 6) is 0.826. The van der Waals surface area contributed by atoms with Crippen molar-refractivity contribution in [3.63, 3.8) is 0 Å². The van der Waals surface area contributed by atoms with E-state index in [-0.39, 0.29) is 0 Å². The van der Waals surface area contributed by atoms with Gasteiger partial charge in [0.25, 0.3) is 0 Å². The minimum Gasteiger partial charge on any atom is -0.497 e. The van der Waals surface area contributed by atoms with Gasteiger partial charge in [-0.1, -0.05) is 0 Å². The molecule has 3 rings (SSSR count). The number of fused-ring (bicyclic) bond motifs is 1. The van der Waals surface area contributed by atoms with Crippen molar-refractivity contribution in [1.29, 1.82) is 0 Å². The molecular formula is C14H16N4OS. The second-order valence-electron chi connectivity index (χ2n) is 4.66. The topological polar surface area (TPSA) is 47.8 Å². The SMILES string of the molecule is COc1ccc2c(c1)[nH]c(=S)n2CCc1ccnn1C. The van der Waals surface area contributed by atoms with E-state index in [0.29, 0.717) is 0 Å². The fourth-order valence-corrected chi connectivity index (χ4v) is 2.66. The number of aromatic amines is 1. The Morgan fingerprint density at radius 1 is 1.35 bits per heavy atom. The van der Waals surface area contributed by atoms with Crippen LogP contribution in [0.15, 0.2) is 30.5 Å². The molecule has 104 valence electrons. The lowest BCUT2D eigenvalue weighted by Gasteiger charge is -2.06. The van der Waals surface area contributed by atoms with Crippen molar-refractivity contribution in [3.8, 4) is 5.75 Å². The van der Waals surface area contributed by atoms with Gasteiger partial charge in [0.15, 0.2) is 4.77 Å². The summed E-state index contributed by atoms with van der Waals surface area (Å²) < 4.78 is 9.96. The lowest BCUT2D eigenvalue weighted by molar-refractivity contribution is 0.415. The van der Waals surface area contributed by atoms with Crippen LogP contribution in [-0.4, -0.2) is 26.4 Å². The molecule has 3 aromatic rings. The maximum Gasteiger partial charge on any atom is 0.178 e. The summed E-state index contributed by atoms with van der Waals surface area (Å²) in [4.78, 5) is 3.22. The van der Waals surface area contributed by atoms with E-state index < -0.39 is 0 Å². The standard InChI is InChI=1S/C14H16N4OS/c1-17-10(5-7-15-17)6-8-18-13-4-3-11(19-2)9-12(13)16-14(18)20/h3-5,7,9H,6,8H2,1-2H3,(H,16,20). The Labute approximate surface area is 121 Å². The summed E-state index contributed by atoms with van der Waals surface area (Å²) >= 11 is 5.40. The third-order valence-electron chi connectivity index (χ3n) is 3.50. The summed E-state index contributed by atoms with van der Waals surface area (Å²) in [6, 6.07) is 7.97. The van der Waals surface area contributed by atoms with Crippen LogP contribution >= 0.6 is 12.2 Å². The molecule has 20 heavy (non-hydrogen) atoms. The Balaban J connectivity index is 1.93. The minimum absolute atomic E-state index is 0.732. The molecule has 0 aliphatic carbocycles. The molecule has 5 nitrogen and oxygen atoms in total. The number of aryl methyl sites for hydroxylation is 3. The molecule has 0 atom stereocenters. The van der Waals surface area contributed by atoms with Gasteiger partial charge in [0, 0.05) is 38.0 Å². The van der Waals surface area contributed by atoms with Crippen LogP contribution in [0.1, 0.15) is 5.69 Å². The first kappa shape index (κ1) is 12.9. The number of nitrogens with one attached hydrogen (secondary N) is 1. The molecule has 1 aromatic carbocycles. The van der Waals surface area contributed by atoms with Crippen molar-refractivity contribution in [1.82, 2.24) is 19.3 Å². The molecule has 0 amide bonds. The largest absolute Gasteiger partial charge is 0.497 e. The van der Waals surface area contributed by atoms with E-state index in [4.69, 9.17) is 17.0 Å². The smallest absolute Gasteiger partial charge is 0.178 e. The molecule has 0 unspecified atom stereocenters. The number of imidazole rings is 1. The van der Waals surface area contributed by atoms with Crippen LogP contribution in [0.25, 0.3) is 11.0 Å². The molecule has 0 aliphatic heterocycles. The fraction of sp³-hybridized carbons (Fsp3) is 0.286. The van der Waals surface area contributed by atoms with Gasteiger partial charge in [-0.05, 0) is 30.4 Å². The average molecular weight is 288 g/mol. The van der Waals surface area contributed by atoms with Crippen LogP contribution in [0, 0.1) is 4.77 Å². The van der Waals surface area contributed by atoms with Gasteiger partial charge < -0.3 is 14.3 Å². The maximum absolute atomic E-state index is 5.40. The molecule has 6 heteroatoms. The second-order valence-corrected chi connectivity index (χ2v) is 5.05. The molecule has 0 bridgehead atoms. The summed E-state index contributed by atoms with van der Waals surface area (Å²) in [6.45, 7) is 0.824. The van der Waals surface area contributed by atoms with Crippen molar-refractivity contribution in [2.24, 2.45) is 7.05 Å². The number of H-pyrrole nitrogens is 1. The molecule has 1 N–H and O–H groups in total. The first-order chi connectivity index (χ1) is 9.69. The molecule has 0 saturated heterocycles. The Hall–Kier alpha value is -2.08. The van der Waals surface area contributed by atoms with Gasteiger partial charge in [-0.15, -0.1) is 0 Å². The van der Waals surface area contributed by atoms with Crippen LogP contribution in [0.5, 0.6) is 5.75 Å². The zero-order chi connectivity index (χ0) is 14.1. The van der Waals surface area contributed by atoms with Gasteiger partial charge >= 0.3 is 0 Å². The summed E-state index contributed by atoms with van der Waals surface area (Å²) in [6.07, 6.45) is 2.71. The highest BCUT2D eigenvalue weighted by Gasteiger charge is 2.07. The highest BCUT2D eigenvalue weighted by Crippen LogP contribution is 2.20. The van der Waals surface area contributed by atoms with E-state index in [2.05, 4.69) is 14.6 Å². The summed E-state index contributed by atoms with van der Waals surface area (Å²) in [7, 11) is 3.61. The quantitative estimate of drug-likeness (QED) is 0.751. The number of ether oxygens (including phenoxy) is 1. The average Bonchev–Trinajstić information content (AvgIpc) is 2.98. The van der Waals surface area contributed by atoms with E-state index in [0.717, 1.165) is 34.5 Å². The Morgan fingerprint density at radius 2 is 2.20 bits per heavy atom. The van der Waals surface area contributed by atoms with Gasteiger partial charge in [-0.3, -0.25) is 4.68 Å². The van der Waals surface area contributed by atoms with E-state index in [1.54, 1.807) is 7.11 Å². The van der Waals surface area contributed by atoms with Gasteiger partial charge in [-0.25, -0.2) is 0 Å². The predicted octanol–water partition coefficient (Wildman–Crippen LogP) is 2.68. The number of rotatable bonds is 4. The van der Waals surface area contributed by atoms with Crippen LogP contribution in [0.2, 0.25) is 0 Å². The van der Waals surface area contributed by atoms with Gasteiger partial charge in [0.05, 0.1) is 18.1 Å². The van der Waals surface area contributed by atoms with E-state index >= 15 is 0 Å². The monoisotopic (exact) mass is 288 g/mol. The molecule has 0 radical (unpaired) electrons. The molecule has 2 heterocycles. The molecule has 2 aromatic heterocycles. The Kier molecular flexibility index (Phi) is 3.31. The molecule has 0 aliphatic rings. The number of nitrogens with zero attached hydrogens (tertiary/aromatic N) is 3. The lowest BCUT2D eigenvalue weighted by Crippen LogP contribution is -2.05. The van der Waals surface area contributed by atoms with Crippen molar-refractivity contribution >= 4 is 23.3 Å². The first-order valence-electron chi connectivity index (χ1n) is 6.42. The van der Waals surface area contributed by atoms with E-state index in [1.165, 1.54) is 5.69 Å². The van der Waals surface area contributed by atoms with Crippen molar-refractivity contribution < 1.29 is 4.74 Å². The van der Waals surface area contributed by atoms with Gasteiger partial charge in [-0.2, -0.15) is 5.10 Å². The first-order valence-corrected chi connectivity index (χ1v) is 6.83. The highest BCUT2D eigenvalue weighted by molar-refractivity contribution is 7.71. The van der Waals surface area contributed by atoms with Gasteiger partial charge in [0.2, 0.25) is 0 Å². The third-order valence-corrected chi connectivity index (χ3v) is 3.82. The van der Waals surface area contributed by atoms with E-state index in [1.807, 2.05) is 42.2 Å². The molecule has 0 saturated carbocycles. The number of aromatic nitrogens is 4. The Morgan fingerprint density at radius 3 is 2.90 bits per heavy atom. The normalized spacial score (nSPS) is 11.1. The van der Waals surface area contributed by atoms with Crippen molar-refractivity contribution in [2.75, 3.05) is 7.11 Å². The maximum atomic E-state index is 5.40. The van der Waals surface area contributed by atoms with Crippen molar-refractivity contribution in [3.05, 3.63) is 40.9 Å². The fourth-order valence-electron chi connectivity index (χ4n) is 2.36. The van der Waals surface area contributed by atoms with Crippen LogP contribution in [0.3, 0.4) is 0 Å². The van der Waals surface area contributed by atoms with Gasteiger partial charge in [0.1, 0.15) is 5.75 Å². The van der Waals surface area contributed by atoms with Crippen LogP contribution < -0.4 is 4.74 Å². The number of benzene rings is 1. The number of hydrogen-bond donors (Lipinski definition) is 1. The molecular weight excluding hydrogens is 272 g/mol. The summed E-state index contributed by atoms with van der Waals surface area (Å²) in [5.41, 5.74) is 3.28. The van der Waals surface area contributed by atoms with E-state index in [9.17, 15) is 0 Å². The minimum atomic E-state index is 0.732. The zero-order valence-electron chi connectivity index (χ0n) is 11.5. The van der Waals surface area contributed by atoms with Crippen molar-refractivity contribution in [2.45, 2.75) is 13.0 Å². The predicted molar refractivity (Wildman–Crippen MR) is 80.6 cm³/mol. The summed E-state index contributed by atoms with van der Waals surface area (Å²) in [5, 5.41) is 4.18. The molecule has 0 fully saturated rings.